The Bertz CT molecular complexity index is 281. The molecule has 0 amide bonds. The van der Waals surface area contributed by atoms with Crippen molar-refractivity contribution in [2.45, 2.75) is 71.3 Å². The number of hydrogen-bond acceptors (Lipinski definition) is 3. The minimum Gasteiger partial charge on any atom is -0.481 e. The molecule has 0 spiro atoms. The molecule has 0 saturated carbocycles. The SMILES string of the molecule is CCCCCCN(CCC(=O)O)C(CCCC)C(=O)O. The Morgan fingerprint density at radius 2 is 1.60 bits per heavy atom. The molecule has 2 N–H and O–H groups in total. The van der Waals surface area contributed by atoms with Gasteiger partial charge in [-0.1, -0.05) is 46.0 Å². The molecular weight excluding hydrogens is 258 g/mol. The molecule has 0 saturated heterocycles. The fourth-order valence-corrected chi connectivity index (χ4v) is 2.26. The second-order valence-corrected chi connectivity index (χ2v) is 5.24. The van der Waals surface area contributed by atoms with Crippen LogP contribution in [-0.2, 0) is 9.59 Å². The van der Waals surface area contributed by atoms with Crippen LogP contribution in [0.1, 0.15) is 65.2 Å². The third-order valence-electron chi connectivity index (χ3n) is 3.47. The number of carbonyl (C=O) groups is 2. The van der Waals surface area contributed by atoms with Gasteiger partial charge < -0.3 is 10.2 Å². The number of nitrogens with zero attached hydrogens (tertiary/aromatic N) is 1. The topological polar surface area (TPSA) is 77.8 Å². The molecule has 118 valence electrons. The van der Waals surface area contributed by atoms with Crippen molar-refractivity contribution in [3.63, 3.8) is 0 Å². The summed E-state index contributed by atoms with van der Waals surface area (Å²) in [5.74, 6) is -1.71. The van der Waals surface area contributed by atoms with E-state index in [0.717, 1.165) is 38.5 Å². The van der Waals surface area contributed by atoms with Gasteiger partial charge in [0.1, 0.15) is 6.04 Å². The first kappa shape index (κ1) is 18.9. The zero-order valence-corrected chi connectivity index (χ0v) is 12.8. The molecule has 0 aromatic heterocycles. The van der Waals surface area contributed by atoms with E-state index in [1.54, 1.807) is 0 Å². The minimum absolute atomic E-state index is 0.00365. The quantitative estimate of drug-likeness (QED) is 0.509. The second-order valence-electron chi connectivity index (χ2n) is 5.24. The molecule has 5 nitrogen and oxygen atoms in total. The summed E-state index contributed by atoms with van der Waals surface area (Å²) in [7, 11) is 0. The van der Waals surface area contributed by atoms with Gasteiger partial charge in [-0.25, -0.2) is 0 Å². The zero-order valence-electron chi connectivity index (χ0n) is 12.8. The van der Waals surface area contributed by atoms with Crippen LogP contribution in [0.25, 0.3) is 0 Å². The molecule has 0 bridgehead atoms. The van der Waals surface area contributed by atoms with Gasteiger partial charge in [-0.05, 0) is 19.4 Å². The minimum atomic E-state index is -0.872. The Morgan fingerprint density at radius 3 is 2.10 bits per heavy atom. The molecule has 0 aliphatic rings. The van der Waals surface area contributed by atoms with Gasteiger partial charge in [0.25, 0.3) is 0 Å². The predicted octanol–water partition coefficient (Wildman–Crippen LogP) is 2.99. The molecule has 0 aliphatic heterocycles. The molecule has 0 aromatic carbocycles. The van der Waals surface area contributed by atoms with Crippen LogP contribution in [0.3, 0.4) is 0 Å². The number of unbranched alkanes of at least 4 members (excludes halogenated alkanes) is 4. The molecular formula is C15H29NO4. The number of carboxylic acids is 2. The lowest BCUT2D eigenvalue weighted by Gasteiger charge is -2.28. The normalized spacial score (nSPS) is 12.6. The standard InChI is InChI=1S/C15H29NO4/c1-3-5-7-8-11-16(12-10-14(17)18)13(15(19)20)9-6-4-2/h13H,3-12H2,1-2H3,(H,17,18)(H,19,20). The summed E-state index contributed by atoms with van der Waals surface area (Å²) in [6.45, 7) is 5.15. The lowest BCUT2D eigenvalue weighted by Crippen LogP contribution is -2.43. The van der Waals surface area contributed by atoms with Crippen molar-refractivity contribution in [3.05, 3.63) is 0 Å². The summed E-state index contributed by atoms with van der Waals surface area (Å²) >= 11 is 0. The Kier molecular flexibility index (Phi) is 11.1. The number of carboxylic acid groups (broad SMARTS) is 2. The Labute approximate surface area is 122 Å². The maximum absolute atomic E-state index is 11.4. The highest BCUT2D eigenvalue weighted by Crippen LogP contribution is 2.12. The van der Waals surface area contributed by atoms with E-state index in [9.17, 15) is 14.7 Å². The average Bonchev–Trinajstić information content (AvgIpc) is 2.39. The van der Waals surface area contributed by atoms with E-state index < -0.39 is 18.0 Å². The first-order valence-electron chi connectivity index (χ1n) is 7.71. The third-order valence-corrected chi connectivity index (χ3v) is 3.47. The molecule has 0 rings (SSSR count). The van der Waals surface area contributed by atoms with Gasteiger partial charge in [0.05, 0.1) is 6.42 Å². The van der Waals surface area contributed by atoms with Crippen molar-refractivity contribution in [1.82, 2.24) is 4.90 Å². The molecule has 0 aromatic rings. The first-order chi connectivity index (χ1) is 9.52. The van der Waals surface area contributed by atoms with Crippen LogP contribution in [0.4, 0.5) is 0 Å². The monoisotopic (exact) mass is 287 g/mol. The van der Waals surface area contributed by atoms with Gasteiger partial charge in [0, 0.05) is 6.54 Å². The largest absolute Gasteiger partial charge is 0.481 e. The summed E-state index contributed by atoms with van der Waals surface area (Å²) < 4.78 is 0. The van der Waals surface area contributed by atoms with Crippen LogP contribution in [0.2, 0.25) is 0 Å². The summed E-state index contributed by atoms with van der Waals surface area (Å²) in [5, 5.41) is 18.1. The van der Waals surface area contributed by atoms with E-state index in [1.807, 2.05) is 11.8 Å². The number of hydrogen-bond donors (Lipinski definition) is 2. The van der Waals surface area contributed by atoms with Crippen LogP contribution in [0.15, 0.2) is 0 Å². The molecule has 1 atom stereocenters. The molecule has 5 heteroatoms. The van der Waals surface area contributed by atoms with Gasteiger partial charge in [-0.15, -0.1) is 0 Å². The summed E-state index contributed by atoms with van der Waals surface area (Å²) in [5.41, 5.74) is 0. The third kappa shape index (κ3) is 8.91. The van der Waals surface area contributed by atoms with Crippen molar-refractivity contribution < 1.29 is 19.8 Å². The van der Waals surface area contributed by atoms with Gasteiger partial charge in [-0.2, -0.15) is 0 Å². The van der Waals surface area contributed by atoms with Crippen LogP contribution >= 0.6 is 0 Å². The molecule has 0 aliphatic carbocycles. The van der Waals surface area contributed by atoms with E-state index in [1.165, 1.54) is 0 Å². The highest BCUT2D eigenvalue weighted by atomic mass is 16.4. The van der Waals surface area contributed by atoms with Crippen LogP contribution in [0, 0.1) is 0 Å². The molecule has 0 heterocycles. The van der Waals surface area contributed by atoms with Crippen molar-refractivity contribution in [2.75, 3.05) is 13.1 Å². The number of aliphatic carboxylic acids is 2. The molecule has 0 radical (unpaired) electrons. The Hall–Kier alpha value is -1.10. The summed E-state index contributed by atoms with van der Waals surface area (Å²) in [4.78, 5) is 23.9. The van der Waals surface area contributed by atoms with Crippen LogP contribution in [-0.4, -0.2) is 46.2 Å². The fraction of sp³-hybridized carbons (Fsp3) is 0.867. The van der Waals surface area contributed by atoms with Gasteiger partial charge in [0.2, 0.25) is 0 Å². The van der Waals surface area contributed by atoms with Crippen molar-refractivity contribution in [3.8, 4) is 0 Å². The zero-order chi connectivity index (χ0) is 15.4. The second kappa shape index (κ2) is 11.7. The fourth-order valence-electron chi connectivity index (χ4n) is 2.26. The van der Waals surface area contributed by atoms with E-state index >= 15 is 0 Å². The lowest BCUT2D eigenvalue weighted by atomic mass is 10.1. The average molecular weight is 287 g/mol. The highest BCUT2D eigenvalue weighted by molar-refractivity contribution is 5.73. The highest BCUT2D eigenvalue weighted by Gasteiger charge is 2.24. The lowest BCUT2D eigenvalue weighted by molar-refractivity contribution is -0.145. The Balaban J connectivity index is 4.48. The van der Waals surface area contributed by atoms with Crippen LogP contribution in [0.5, 0.6) is 0 Å². The predicted molar refractivity (Wildman–Crippen MR) is 78.9 cm³/mol. The maximum atomic E-state index is 11.4. The van der Waals surface area contributed by atoms with E-state index in [2.05, 4.69) is 6.92 Å². The molecule has 1 unspecified atom stereocenters. The molecule has 0 fully saturated rings. The van der Waals surface area contributed by atoms with Crippen molar-refractivity contribution >= 4 is 11.9 Å². The smallest absolute Gasteiger partial charge is 0.320 e. The Morgan fingerprint density at radius 1 is 0.950 bits per heavy atom. The number of rotatable bonds is 13. The van der Waals surface area contributed by atoms with Gasteiger partial charge in [0.15, 0.2) is 0 Å². The summed E-state index contributed by atoms with van der Waals surface area (Å²) in [6.07, 6.45) is 6.68. The molecule has 20 heavy (non-hydrogen) atoms. The van der Waals surface area contributed by atoms with Gasteiger partial charge >= 0.3 is 11.9 Å². The van der Waals surface area contributed by atoms with Crippen LogP contribution < -0.4 is 0 Å². The van der Waals surface area contributed by atoms with Crippen molar-refractivity contribution in [1.29, 1.82) is 0 Å². The van der Waals surface area contributed by atoms with E-state index in [-0.39, 0.29) is 6.42 Å². The van der Waals surface area contributed by atoms with E-state index in [0.29, 0.717) is 19.5 Å². The van der Waals surface area contributed by atoms with Gasteiger partial charge in [-0.3, -0.25) is 14.5 Å². The van der Waals surface area contributed by atoms with E-state index in [4.69, 9.17) is 5.11 Å². The van der Waals surface area contributed by atoms with Crippen molar-refractivity contribution in [2.24, 2.45) is 0 Å². The first-order valence-corrected chi connectivity index (χ1v) is 7.71. The summed E-state index contributed by atoms with van der Waals surface area (Å²) in [6, 6.07) is -0.545. The maximum Gasteiger partial charge on any atom is 0.320 e.